The van der Waals surface area contributed by atoms with Crippen molar-refractivity contribution < 1.29 is 0 Å². The van der Waals surface area contributed by atoms with Gasteiger partial charge in [-0.2, -0.15) is 0 Å². The molecule has 0 amide bonds. The van der Waals surface area contributed by atoms with E-state index >= 15 is 0 Å². The van der Waals surface area contributed by atoms with Crippen LogP contribution in [-0.2, 0) is 0 Å². The Morgan fingerprint density at radius 2 is 2.30 bits per heavy atom. The summed E-state index contributed by atoms with van der Waals surface area (Å²) in [7, 11) is 0. The maximum atomic E-state index is 2.48. The van der Waals surface area contributed by atoms with E-state index in [1.54, 1.807) is 5.57 Å². The van der Waals surface area contributed by atoms with Crippen LogP contribution >= 0.6 is 0 Å². The number of hydrogen-bond acceptors (Lipinski definition) is 0. The van der Waals surface area contributed by atoms with E-state index in [4.69, 9.17) is 0 Å². The lowest BCUT2D eigenvalue weighted by Gasteiger charge is -2.14. The summed E-state index contributed by atoms with van der Waals surface area (Å²) < 4.78 is 0. The second kappa shape index (κ2) is 2.11. The molecule has 0 bridgehead atoms. The van der Waals surface area contributed by atoms with Gasteiger partial charge in [-0.1, -0.05) is 25.5 Å². The molecular weight excluding hydrogens is 120 g/mol. The molecule has 0 spiro atoms. The van der Waals surface area contributed by atoms with E-state index in [0.717, 1.165) is 17.8 Å². The Morgan fingerprint density at radius 1 is 1.50 bits per heavy atom. The Balaban J connectivity index is 2.12. The van der Waals surface area contributed by atoms with Gasteiger partial charge in [-0.05, 0) is 37.0 Å². The minimum atomic E-state index is 0.815. The van der Waals surface area contributed by atoms with E-state index in [-0.39, 0.29) is 0 Å². The Kier molecular flexibility index (Phi) is 1.36. The fraction of sp³-hybridized carbons (Fsp3) is 0.800. The molecule has 0 radical (unpaired) electrons. The van der Waals surface area contributed by atoms with Gasteiger partial charge in [0, 0.05) is 0 Å². The predicted octanol–water partition coefficient (Wildman–Crippen LogP) is 3.00. The van der Waals surface area contributed by atoms with E-state index in [1.165, 1.54) is 19.3 Å². The maximum absolute atomic E-state index is 2.48. The van der Waals surface area contributed by atoms with Gasteiger partial charge in [0.15, 0.2) is 0 Å². The van der Waals surface area contributed by atoms with Crippen molar-refractivity contribution in [3.63, 3.8) is 0 Å². The Hall–Kier alpha value is -0.260. The van der Waals surface area contributed by atoms with Crippen LogP contribution in [0.15, 0.2) is 11.6 Å². The summed E-state index contributed by atoms with van der Waals surface area (Å²) >= 11 is 0. The highest BCUT2D eigenvalue weighted by Crippen LogP contribution is 2.52. The third-order valence-corrected chi connectivity index (χ3v) is 2.93. The molecular formula is C10H16. The van der Waals surface area contributed by atoms with Crippen molar-refractivity contribution in [3.05, 3.63) is 11.6 Å². The molecule has 56 valence electrons. The largest absolute Gasteiger partial charge is 0.0848 e. The van der Waals surface area contributed by atoms with Gasteiger partial charge in [-0.15, -0.1) is 0 Å². The minimum Gasteiger partial charge on any atom is -0.0848 e. The molecule has 0 aromatic carbocycles. The van der Waals surface area contributed by atoms with Crippen molar-refractivity contribution in [1.29, 1.82) is 0 Å². The first-order valence-electron chi connectivity index (χ1n) is 4.49. The zero-order chi connectivity index (χ0) is 7.14. The smallest absolute Gasteiger partial charge is 0.0169 e. The van der Waals surface area contributed by atoms with Crippen molar-refractivity contribution in [2.24, 2.45) is 17.8 Å². The normalized spacial score (nSPS) is 37.3. The van der Waals surface area contributed by atoms with Gasteiger partial charge in [0.25, 0.3) is 0 Å². The SMILES string of the molecule is CC(C)C1=CCCC2CC12. The highest BCUT2D eigenvalue weighted by Gasteiger charge is 2.41. The first-order chi connectivity index (χ1) is 4.79. The quantitative estimate of drug-likeness (QED) is 0.486. The van der Waals surface area contributed by atoms with E-state index in [1.807, 2.05) is 0 Å². The minimum absolute atomic E-state index is 0.815. The van der Waals surface area contributed by atoms with Gasteiger partial charge in [0.1, 0.15) is 0 Å². The number of rotatable bonds is 1. The van der Waals surface area contributed by atoms with Gasteiger partial charge >= 0.3 is 0 Å². The molecule has 0 heteroatoms. The fourth-order valence-electron chi connectivity index (χ4n) is 2.25. The molecule has 10 heavy (non-hydrogen) atoms. The maximum Gasteiger partial charge on any atom is -0.0169 e. The van der Waals surface area contributed by atoms with Crippen LogP contribution in [0.25, 0.3) is 0 Å². The zero-order valence-electron chi connectivity index (χ0n) is 6.93. The van der Waals surface area contributed by atoms with Crippen LogP contribution in [0.1, 0.15) is 33.1 Å². The average Bonchev–Trinajstić information content (AvgIpc) is 2.63. The van der Waals surface area contributed by atoms with Crippen molar-refractivity contribution in [3.8, 4) is 0 Å². The molecule has 0 nitrogen and oxygen atoms in total. The van der Waals surface area contributed by atoms with Crippen molar-refractivity contribution in [2.75, 3.05) is 0 Å². The molecule has 0 aromatic heterocycles. The van der Waals surface area contributed by atoms with E-state index < -0.39 is 0 Å². The van der Waals surface area contributed by atoms with Crippen LogP contribution in [0.4, 0.5) is 0 Å². The summed E-state index contributed by atoms with van der Waals surface area (Å²) in [4.78, 5) is 0. The number of hydrogen-bond donors (Lipinski definition) is 0. The lowest BCUT2D eigenvalue weighted by Crippen LogP contribution is -2.02. The Bertz CT molecular complexity index is 165. The summed E-state index contributed by atoms with van der Waals surface area (Å²) in [6.07, 6.45) is 6.82. The summed E-state index contributed by atoms with van der Waals surface area (Å²) in [6.45, 7) is 4.65. The van der Waals surface area contributed by atoms with Crippen molar-refractivity contribution in [1.82, 2.24) is 0 Å². The summed E-state index contributed by atoms with van der Waals surface area (Å²) in [5, 5.41) is 0. The van der Waals surface area contributed by atoms with Crippen molar-refractivity contribution >= 4 is 0 Å². The summed E-state index contributed by atoms with van der Waals surface area (Å²) in [6, 6.07) is 0. The highest BCUT2D eigenvalue weighted by atomic mass is 14.5. The van der Waals surface area contributed by atoms with E-state index in [0.29, 0.717) is 0 Å². The first kappa shape index (κ1) is 6.45. The van der Waals surface area contributed by atoms with Crippen molar-refractivity contribution in [2.45, 2.75) is 33.1 Å². The number of allylic oxidation sites excluding steroid dienone is 2. The molecule has 0 aliphatic heterocycles. The lowest BCUT2D eigenvalue weighted by molar-refractivity contribution is 0.596. The average molecular weight is 136 g/mol. The second-order valence-electron chi connectivity index (χ2n) is 4.04. The van der Waals surface area contributed by atoms with Gasteiger partial charge in [-0.25, -0.2) is 0 Å². The molecule has 1 fully saturated rings. The first-order valence-corrected chi connectivity index (χ1v) is 4.49. The standard InChI is InChI=1S/C10H16/c1-7(2)9-5-3-4-8-6-10(8)9/h5,7-8,10H,3-4,6H2,1-2H3. The topological polar surface area (TPSA) is 0 Å². The lowest BCUT2D eigenvalue weighted by atomic mass is 9.91. The molecule has 2 unspecified atom stereocenters. The molecule has 2 rings (SSSR count). The molecule has 2 atom stereocenters. The molecule has 0 heterocycles. The fourth-order valence-corrected chi connectivity index (χ4v) is 2.25. The molecule has 2 aliphatic rings. The van der Waals surface area contributed by atoms with Crippen LogP contribution in [0.5, 0.6) is 0 Å². The van der Waals surface area contributed by atoms with Crippen LogP contribution in [0, 0.1) is 17.8 Å². The molecule has 0 N–H and O–H groups in total. The summed E-state index contributed by atoms with van der Waals surface area (Å²) in [5.41, 5.74) is 1.76. The zero-order valence-corrected chi connectivity index (χ0v) is 6.93. The third-order valence-electron chi connectivity index (χ3n) is 2.93. The molecule has 2 aliphatic carbocycles. The van der Waals surface area contributed by atoms with Gasteiger partial charge in [0.2, 0.25) is 0 Å². The Labute approximate surface area is 63.3 Å². The van der Waals surface area contributed by atoms with Crippen LogP contribution in [0.3, 0.4) is 0 Å². The molecule has 1 saturated carbocycles. The third kappa shape index (κ3) is 0.902. The van der Waals surface area contributed by atoms with Gasteiger partial charge in [-0.3, -0.25) is 0 Å². The summed E-state index contributed by atoms with van der Waals surface area (Å²) in [5.74, 6) is 2.94. The highest BCUT2D eigenvalue weighted by molar-refractivity contribution is 5.20. The number of fused-ring (bicyclic) bond motifs is 1. The van der Waals surface area contributed by atoms with Crippen LogP contribution < -0.4 is 0 Å². The Morgan fingerprint density at radius 3 is 2.90 bits per heavy atom. The van der Waals surface area contributed by atoms with Gasteiger partial charge in [0.05, 0.1) is 0 Å². The monoisotopic (exact) mass is 136 g/mol. The van der Waals surface area contributed by atoms with E-state index in [2.05, 4.69) is 19.9 Å². The van der Waals surface area contributed by atoms with Crippen LogP contribution in [0.2, 0.25) is 0 Å². The van der Waals surface area contributed by atoms with Gasteiger partial charge < -0.3 is 0 Å². The van der Waals surface area contributed by atoms with Crippen LogP contribution in [-0.4, -0.2) is 0 Å². The van der Waals surface area contributed by atoms with E-state index in [9.17, 15) is 0 Å². The molecule has 0 aromatic rings. The second-order valence-corrected chi connectivity index (χ2v) is 4.04. The predicted molar refractivity (Wildman–Crippen MR) is 43.8 cm³/mol. The molecule has 0 saturated heterocycles.